The number of imidazole rings is 1. The van der Waals surface area contributed by atoms with E-state index in [1.54, 1.807) is 7.11 Å². The van der Waals surface area contributed by atoms with E-state index in [4.69, 9.17) is 16.3 Å². The first kappa shape index (κ1) is 13.9. The maximum atomic E-state index is 6.10. The van der Waals surface area contributed by atoms with E-state index in [1.165, 1.54) is 23.9 Å². The van der Waals surface area contributed by atoms with Crippen LogP contribution in [0.5, 0.6) is 0 Å². The van der Waals surface area contributed by atoms with Crippen molar-refractivity contribution in [2.45, 2.75) is 38.6 Å². The number of benzene rings is 1. The van der Waals surface area contributed by atoms with Gasteiger partial charge in [-0.25, -0.2) is 4.98 Å². The molecule has 1 heterocycles. The Morgan fingerprint density at radius 2 is 2.20 bits per heavy atom. The van der Waals surface area contributed by atoms with E-state index in [9.17, 15) is 0 Å². The molecule has 1 fully saturated rings. The van der Waals surface area contributed by atoms with Crippen molar-refractivity contribution in [1.29, 1.82) is 0 Å². The molecule has 3 nitrogen and oxygen atoms in total. The molecule has 108 valence electrons. The van der Waals surface area contributed by atoms with Crippen molar-refractivity contribution in [1.82, 2.24) is 9.55 Å². The number of ether oxygens (including phenoxy) is 1. The third kappa shape index (κ3) is 2.45. The molecule has 1 aliphatic carbocycles. The zero-order valence-corrected chi connectivity index (χ0v) is 12.9. The number of methoxy groups -OCH3 is 1. The molecule has 20 heavy (non-hydrogen) atoms. The van der Waals surface area contributed by atoms with Crippen molar-refractivity contribution in [3.05, 3.63) is 29.6 Å². The number of aromatic nitrogens is 2. The van der Waals surface area contributed by atoms with Gasteiger partial charge >= 0.3 is 0 Å². The Balaban J connectivity index is 1.98. The summed E-state index contributed by atoms with van der Waals surface area (Å²) in [5, 5.41) is 0. The molecule has 4 heteroatoms. The fourth-order valence-electron chi connectivity index (χ4n) is 3.00. The Labute approximate surface area is 124 Å². The molecule has 0 bridgehead atoms. The second kappa shape index (κ2) is 5.38. The molecule has 1 aromatic heterocycles. The standard InChI is InChI=1S/C16H21ClN2O/c1-12-4-3-5-13-15(12)19(14(10-17)18-13)11-16(6-7-16)8-9-20-2/h3-5H,6-11H2,1-2H3. The summed E-state index contributed by atoms with van der Waals surface area (Å²) in [6.07, 6.45) is 3.68. The van der Waals surface area contributed by atoms with E-state index in [-0.39, 0.29) is 0 Å². The predicted octanol–water partition coefficient (Wildman–Crippen LogP) is 3.90. The van der Waals surface area contributed by atoms with Crippen LogP contribution < -0.4 is 0 Å². The summed E-state index contributed by atoms with van der Waals surface area (Å²) < 4.78 is 7.59. The van der Waals surface area contributed by atoms with Gasteiger partial charge in [0.15, 0.2) is 0 Å². The molecule has 2 aromatic rings. The van der Waals surface area contributed by atoms with Crippen LogP contribution in [0.2, 0.25) is 0 Å². The minimum absolute atomic E-state index is 0.396. The van der Waals surface area contributed by atoms with Crippen LogP contribution in [0.4, 0.5) is 0 Å². The van der Waals surface area contributed by atoms with Crippen LogP contribution in [-0.2, 0) is 17.2 Å². The largest absolute Gasteiger partial charge is 0.385 e. The molecule has 0 saturated heterocycles. The first-order chi connectivity index (χ1) is 9.69. The van der Waals surface area contributed by atoms with Crippen LogP contribution in [-0.4, -0.2) is 23.3 Å². The normalized spacial score (nSPS) is 16.8. The molecule has 3 rings (SSSR count). The molecule has 1 aromatic carbocycles. The third-order valence-corrected chi connectivity index (χ3v) is 4.69. The van der Waals surface area contributed by atoms with Crippen molar-refractivity contribution >= 4 is 22.6 Å². The Bertz CT molecular complexity index is 616. The number of rotatable bonds is 6. The number of fused-ring (bicyclic) bond motifs is 1. The molecule has 0 aliphatic heterocycles. The highest BCUT2D eigenvalue weighted by atomic mass is 35.5. The topological polar surface area (TPSA) is 27.1 Å². The molecule has 1 saturated carbocycles. The molecule has 0 amide bonds. The van der Waals surface area contributed by atoms with Crippen LogP contribution >= 0.6 is 11.6 Å². The third-order valence-electron chi connectivity index (χ3n) is 4.45. The number of nitrogens with zero attached hydrogens (tertiary/aromatic N) is 2. The lowest BCUT2D eigenvalue weighted by Gasteiger charge is -2.18. The lowest BCUT2D eigenvalue weighted by Crippen LogP contribution is -2.16. The Kier molecular flexibility index (Phi) is 3.74. The Morgan fingerprint density at radius 1 is 1.40 bits per heavy atom. The van der Waals surface area contributed by atoms with Gasteiger partial charge in [-0.05, 0) is 43.2 Å². The van der Waals surface area contributed by atoms with Gasteiger partial charge in [0.2, 0.25) is 0 Å². The number of alkyl halides is 1. The summed E-state index contributed by atoms with van der Waals surface area (Å²) in [7, 11) is 1.77. The predicted molar refractivity (Wildman–Crippen MR) is 82.2 cm³/mol. The maximum absolute atomic E-state index is 6.10. The lowest BCUT2D eigenvalue weighted by molar-refractivity contribution is 0.167. The monoisotopic (exact) mass is 292 g/mol. The Morgan fingerprint density at radius 3 is 2.85 bits per heavy atom. The first-order valence-electron chi connectivity index (χ1n) is 7.19. The van der Waals surface area contributed by atoms with Crippen LogP contribution in [0.15, 0.2) is 18.2 Å². The first-order valence-corrected chi connectivity index (χ1v) is 7.72. The van der Waals surface area contributed by atoms with Crippen LogP contribution in [0.3, 0.4) is 0 Å². The van der Waals surface area contributed by atoms with Gasteiger partial charge in [0.05, 0.1) is 16.9 Å². The molecule has 0 radical (unpaired) electrons. The van der Waals surface area contributed by atoms with E-state index >= 15 is 0 Å². The number of aryl methyl sites for hydroxylation is 1. The highest BCUT2D eigenvalue weighted by Crippen LogP contribution is 2.50. The van der Waals surface area contributed by atoms with E-state index in [2.05, 4.69) is 34.7 Å². The zero-order valence-electron chi connectivity index (χ0n) is 12.2. The van der Waals surface area contributed by atoms with E-state index < -0.39 is 0 Å². The van der Waals surface area contributed by atoms with Crippen molar-refractivity contribution in [3.8, 4) is 0 Å². The summed E-state index contributed by atoms with van der Waals surface area (Å²) in [4.78, 5) is 4.68. The molecule has 0 unspecified atom stereocenters. The fraction of sp³-hybridized carbons (Fsp3) is 0.562. The highest BCUT2D eigenvalue weighted by molar-refractivity contribution is 6.16. The molecule has 0 atom stereocenters. The van der Waals surface area contributed by atoms with Crippen LogP contribution in [0.25, 0.3) is 11.0 Å². The van der Waals surface area contributed by atoms with Crippen LogP contribution in [0.1, 0.15) is 30.7 Å². The minimum atomic E-state index is 0.396. The summed E-state index contributed by atoms with van der Waals surface area (Å²) >= 11 is 6.10. The van der Waals surface area contributed by atoms with Gasteiger partial charge in [0, 0.05) is 20.3 Å². The summed E-state index contributed by atoms with van der Waals surface area (Å²) in [5.41, 5.74) is 3.97. The SMILES string of the molecule is COCCC1(Cn2c(CCl)nc3cccc(C)c32)CC1. The molecule has 1 aliphatic rings. The average molecular weight is 293 g/mol. The molecular formula is C16H21ClN2O. The van der Waals surface area contributed by atoms with Crippen molar-refractivity contribution < 1.29 is 4.74 Å². The maximum Gasteiger partial charge on any atom is 0.124 e. The van der Waals surface area contributed by atoms with Crippen molar-refractivity contribution in [2.24, 2.45) is 5.41 Å². The molecule has 0 N–H and O–H groups in total. The smallest absolute Gasteiger partial charge is 0.124 e. The van der Waals surface area contributed by atoms with E-state index in [0.29, 0.717) is 11.3 Å². The van der Waals surface area contributed by atoms with Gasteiger partial charge in [-0.1, -0.05) is 12.1 Å². The fourth-order valence-corrected chi connectivity index (χ4v) is 3.21. The summed E-state index contributed by atoms with van der Waals surface area (Å²) in [6.45, 7) is 3.99. The number of halogens is 1. The lowest BCUT2D eigenvalue weighted by atomic mass is 10.0. The average Bonchev–Trinajstić information content (AvgIpc) is 3.12. The van der Waals surface area contributed by atoms with E-state index in [1.807, 2.05) is 0 Å². The minimum Gasteiger partial charge on any atom is -0.385 e. The summed E-state index contributed by atoms with van der Waals surface area (Å²) in [5.74, 6) is 1.45. The number of hydrogen-bond donors (Lipinski definition) is 0. The van der Waals surface area contributed by atoms with Crippen molar-refractivity contribution in [3.63, 3.8) is 0 Å². The van der Waals surface area contributed by atoms with Gasteiger partial charge in [-0.3, -0.25) is 0 Å². The zero-order chi connectivity index (χ0) is 14.2. The van der Waals surface area contributed by atoms with Crippen LogP contribution in [0, 0.1) is 12.3 Å². The van der Waals surface area contributed by atoms with Crippen molar-refractivity contribution in [2.75, 3.05) is 13.7 Å². The molecular weight excluding hydrogens is 272 g/mol. The van der Waals surface area contributed by atoms with Gasteiger partial charge in [-0.2, -0.15) is 0 Å². The van der Waals surface area contributed by atoms with Gasteiger partial charge < -0.3 is 9.30 Å². The van der Waals surface area contributed by atoms with E-state index in [0.717, 1.165) is 30.9 Å². The molecule has 0 spiro atoms. The van der Waals surface area contributed by atoms with Gasteiger partial charge in [0.1, 0.15) is 5.82 Å². The van der Waals surface area contributed by atoms with Gasteiger partial charge in [0.25, 0.3) is 0 Å². The number of hydrogen-bond acceptors (Lipinski definition) is 2. The quantitative estimate of drug-likeness (QED) is 0.755. The summed E-state index contributed by atoms with van der Waals surface area (Å²) in [6, 6.07) is 6.28. The number of para-hydroxylation sites is 1. The Hall–Kier alpha value is -1.06. The highest BCUT2D eigenvalue weighted by Gasteiger charge is 2.43. The van der Waals surface area contributed by atoms with Gasteiger partial charge in [-0.15, -0.1) is 11.6 Å². The second-order valence-corrected chi connectivity index (χ2v) is 6.20. The second-order valence-electron chi connectivity index (χ2n) is 5.93.